The normalized spacial score (nSPS) is 21.9. The molecule has 1 heterocycles. The summed E-state index contributed by atoms with van der Waals surface area (Å²) >= 11 is 0. The molecule has 0 aromatic carbocycles. The Hall–Kier alpha value is -0.690. The molecular formula is C15H29NO5. The fraction of sp³-hybridized carbons (Fsp3) is 0.933. The van der Waals surface area contributed by atoms with Crippen molar-refractivity contribution in [1.29, 1.82) is 0 Å². The molecule has 6 heteroatoms. The molecule has 0 aromatic rings. The van der Waals surface area contributed by atoms with E-state index in [-0.39, 0.29) is 12.7 Å². The van der Waals surface area contributed by atoms with Gasteiger partial charge in [-0.05, 0) is 39.3 Å². The van der Waals surface area contributed by atoms with Gasteiger partial charge in [0.15, 0.2) is 0 Å². The molecule has 2 unspecified atom stereocenters. The highest BCUT2D eigenvalue weighted by atomic mass is 16.5. The maximum atomic E-state index is 11.4. The van der Waals surface area contributed by atoms with Gasteiger partial charge in [0.05, 0.1) is 30.8 Å². The van der Waals surface area contributed by atoms with Gasteiger partial charge in [0.1, 0.15) is 0 Å². The molecular weight excluding hydrogens is 274 g/mol. The summed E-state index contributed by atoms with van der Waals surface area (Å²) in [5, 5.41) is 19.3. The van der Waals surface area contributed by atoms with Crippen LogP contribution in [0.5, 0.6) is 0 Å². The Morgan fingerprint density at radius 1 is 1.33 bits per heavy atom. The summed E-state index contributed by atoms with van der Waals surface area (Å²) in [4.78, 5) is 13.5. The highest BCUT2D eigenvalue weighted by Gasteiger charge is 2.39. The number of rotatable bonds is 9. The zero-order chi connectivity index (χ0) is 15.9. The van der Waals surface area contributed by atoms with E-state index < -0.39 is 17.5 Å². The van der Waals surface area contributed by atoms with Crippen molar-refractivity contribution in [3.05, 3.63) is 0 Å². The van der Waals surface area contributed by atoms with Gasteiger partial charge in [0, 0.05) is 13.7 Å². The van der Waals surface area contributed by atoms with E-state index in [1.54, 1.807) is 7.11 Å². The summed E-state index contributed by atoms with van der Waals surface area (Å²) in [6.07, 6.45) is 1.36. The fourth-order valence-electron chi connectivity index (χ4n) is 2.79. The maximum absolute atomic E-state index is 11.4. The van der Waals surface area contributed by atoms with E-state index in [1.165, 1.54) is 0 Å². The van der Waals surface area contributed by atoms with Crippen LogP contribution in [0.4, 0.5) is 0 Å². The molecule has 0 aromatic heterocycles. The second-order valence-electron chi connectivity index (χ2n) is 5.99. The number of carboxylic acid groups (broad SMARTS) is 1. The van der Waals surface area contributed by atoms with Crippen LogP contribution in [0, 0.1) is 5.41 Å². The van der Waals surface area contributed by atoms with E-state index in [2.05, 4.69) is 4.90 Å². The number of nitrogens with zero attached hydrogens (tertiary/aromatic N) is 1. The maximum Gasteiger partial charge on any atom is 0.309 e. The van der Waals surface area contributed by atoms with Crippen molar-refractivity contribution in [3.8, 4) is 0 Å². The molecule has 1 aliphatic rings. The molecule has 0 amide bonds. The molecule has 0 radical (unpaired) electrons. The molecule has 0 spiro atoms. The van der Waals surface area contributed by atoms with Gasteiger partial charge < -0.3 is 24.6 Å². The van der Waals surface area contributed by atoms with Crippen LogP contribution in [0.2, 0.25) is 0 Å². The van der Waals surface area contributed by atoms with Crippen LogP contribution in [-0.2, 0) is 14.3 Å². The number of ether oxygens (including phenoxy) is 2. The van der Waals surface area contributed by atoms with Crippen molar-refractivity contribution in [3.63, 3.8) is 0 Å². The van der Waals surface area contributed by atoms with Gasteiger partial charge in [0.25, 0.3) is 0 Å². The summed E-state index contributed by atoms with van der Waals surface area (Å²) in [5.74, 6) is -0.693. The molecule has 0 saturated carbocycles. The monoisotopic (exact) mass is 303 g/mol. The molecule has 1 fully saturated rings. The number of aliphatic hydroxyl groups is 1. The molecule has 124 valence electrons. The Balaban J connectivity index is 2.30. The van der Waals surface area contributed by atoms with Gasteiger partial charge in [-0.3, -0.25) is 4.79 Å². The number of piperidine rings is 1. The summed E-state index contributed by atoms with van der Waals surface area (Å²) < 4.78 is 10.5. The standard InChI is InChI=1S/C15H29NO5/c1-4-15(14(18)19)5-7-16(8-6-15)9-13(17)11-21-12(2)10-20-3/h12-13,17H,4-11H2,1-3H3,(H,18,19). The SMILES string of the molecule is CCC1(C(=O)O)CCN(CC(O)COC(C)COC)CC1. The quantitative estimate of drug-likeness (QED) is 0.661. The summed E-state index contributed by atoms with van der Waals surface area (Å²) in [7, 11) is 1.62. The summed E-state index contributed by atoms with van der Waals surface area (Å²) in [6.45, 7) is 6.57. The van der Waals surface area contributed by atoms with Crippen LogP contribution >= 0.6 is 0 Å². The molecule has 2 atom stereocenters. The van der Waals surface area contributed by atoms with Gasteiger partial charge in [-0.15, -0.1) is 0 Å². The van der Waals surface area contributed by atoms with Gasteiger partial charge >= 0.3 is 5.97 Å². The van der Waals surface area contributed by atoms with E-state index >= 15 is 0 Å². The van der Waals surface area contributed by atoms with Crippen LogP contribution in [0.15, 0.2) is 0 Å². The van der Waals surface area contributed by atoms with Gasteiger partial charge in [-0.2, -0.15) is 0 Å². The minimum Gasteiger partial charge on any atom is -0.481 e. The van der Waals surface area contributed by atoms with E-state index in [4.69, 9.17) is 9.47 Å². The number of aliphatic carboxylic acids is 1. The molecule has 2 N–H and O–H groups in total. The van der Waals surface area contributed by atoms with Crippen molar-refractivity contribution in [2.75, 3.05) is 40.0 Å². The number of hydrogen-bond acceptors (Lipinski definition) is 5. The highest BCUT2D eigenvalue weighted by molar-refractivity contribution is 5.74. The Bertz CT molecular complexity index is 315. The van der Waals surface area contributed by atoms with Crippen molar-refractivity contribution in [1.82, 2.24) is 4.90 Å². The van der Waals surface area contributed by atoms with E-state index in [9.17, 15) is 15.0 Å². The minimum atomic E-state index is -0.693. The number of carboxylic acids is 1. The van der Waals surface area contributed by atoms with Crippen LogP contribution in [0.25, 0.3) is 0 Å². The number of β-amino-alcohol motifs (C(OH)–C–C–N with tert-alkyl or cyclic N) is 1. The predicted molar refractivity (Wildman–Crippen MR) is 79.3 cm³/mol. The molecule has 0 aliphatic carbocycles. The first-order valence-corrected chi connectivity index (χ1v) is 7.68. The van der Waals surface area contributed by atoms with Gasteiger partial charge in [-0.1, -0.05) is 6.92 Å². The first kappa shape index (κ1) is 18.4. The van der Waals surface area contributed by atoms with Crippen LogP contribution in [-0.4, -0.2) is 73.2 Å². The van der Waals surface area contributed by atoms with Crippen molar-refractivity contribution < 1.29 is 24.5 Å². The smallest absolute Gasteiger partial charge is 0.309 e. The van der Waals surface area contributed by atoms with Crippen molar-refractivity contribution in [2.45, 2.75) is 45.3 Å². The number of likely N-dealkylation sites (tertiary alicyclic amines) is 1. The number of methoxy groups -OCH3 is 1. The minimum absolute atomic E-state index is 0.0363. The van der Waals surface area contributed by atoms with E-state index in [1.807, 2.05) is 13.8 Å². The van der Waals surface area contributed by atoms with Gasteiger partial charge in [0.2, 0.25) is 0 Å². The Morgan fingerprint density at radius 2 is 1.95 bits per heavy atom. The lowest BCUT2D eigenvalue weighted by atomic mass is 9.76. The highest BCUT2D eigenvalue weighted by Crippen LogP contribution is 2.35. The van der Waals surface area contributed by atoms with Crippen molar-refractivity contribution in [2.24, 2.45) is 5.41 Å². The van der Waals surface area contributed by atoms with Crippen LogP contribution in [0.1, 0.15) is 33.1 Å². The second-order valence-corrected chi connectivity index (χ2v) is 5.99. The lowest BCUT2D eigenvalue weighted by Crippen LogP contribution is -2.46. The largest absolute Gasteiger partial charge is 0.481 e. The first-order chi connectivity index (χ1) is 9.93. The van der Waals surface area contributed by atoms with Crippen LogP contribution < -0.4 is 0 Å². The van der Waals surface area contributed by atoms with Crippen molar-refractivity contribution >= 4 is 5.97 Å². The Labute approximate surface area is 127 Å². The Kier molecular flexibility index (Phi) is 7.59. The average Bonchev–Trinajstić information content (AvgIpc) is 2.46. The summed E-state index contributed by atoms with van der Waals surface area (Å²) in [5.41, 5.74) is -0.578. The number of aliphatic hydroxyl groups excluding tert-OH is 1. The average molecular weight is 303 g/mol. The first-order valence-electron chi connectivity index (χ1n) is 7.68. The van der Waals surface area contributed by atoms with Crippen LogP contribution in [0.3, 0.4) is 0 Å². The molecule has 21 heavy (non-hydrogen) atoms. The molecule has 0 bridgehead atoms. The second kappa shape index (κ2) is 8.68. The fourth-order valence-corrected chi connectivity index (χ4v) is 2.79. The zero-order valence-corrected chi connectivity index (χ0v) is 13.4. The lowest BCUT2D eigenvalue weighted by Gasteiger charge is -2.39. The third-order valence-electron chi connectivity index (χ3n) is 4.39. The number of hydrogen-bond donors (Lipinski definition) is 2. The predicted octanol–water partition coefficient (Wildman–Crippen LogP) is 0.976. The summed E-state index contributed by atoms with van der Waals surface area (Å²) in [6, 6.07) is 0. The zero-order valence-electron chi connectivity index (χ0n) is 13.4. The van der Waals surface area contributed by atoms with Gasteiger partial charge in [-0.25, -0.2) is 0 Å². The number of carbonyl (C=O) groups is 1. The third kappa shape index (κ3) is 5.54. The Morgan fingerprint density at radius 3 is 2.43 bits per heavy atom. The topological polar surface area (TPSA) is 79.2 Å². The third-order valence-corrected chi connectivity index (χ3v) is 4.39. The molecule has 1 rings (SSSR count). The van der Waals surface area contributed by atoms with E-state index in [0.717, 1.165) is 0 Å². The molecule has 6 nitrogen and oxygen atoms in total. The van der Waals surface area contributed by atoms with E-state index in [0.29, 0.717) is 45.5 Å². The lowest BCUT2D eigenvalue weighted by molar-refractivity contribution is -0.152. The molecule has 1 aliphatic heterocycles. The molecule has 1 saturated heterocycles.